The molecule has 0 bridgehead atoms. The number of anilines is 2. The highest BCUT2D eigenvalue weighted by Crippen LogP contribution is 2.33. The number of para-hydroxylation sites is 1. The van der Waals surface area contributed by atoms with Crippen molar-refractivity contribution >= 4 is 35.0 Å². The zero-order chi connectivity index (χ0) is 19.2. The van der Waals surface area contributed by atoms with Crippen molar-refractivity contribution < 1.29 is 9.59 Å². The molecular weight excluding hydrogens is 358 g/mol. The topological polar surface area (TPSA) is 52.7 Å². The van der Waals surface area contributed by atoms with E-state index in [1.54, 1.807) is 7.05 Å². The monoisotopic (exact) mass is 383 g/mol. The third kappa shape index (κ3) is 5.26. The van der Waals surface area contributed by atoms with Crippen LogP contribution >= 0.6 is 11.8 Å². The summed E-state index contributed by atoms with van der Waals surface area (Å²) in [6, 6.07) is 15.8. The van der Waals surface area contributed by atoms with Crippen LogP contribution in [0.2, 0.25) is 0 Å². The molecule has 0 atom stereocenters. The van der Waals surface area contributed by atoms with Crippen LogP contribution in [0.4, 0.5) is 11.4 Å². The van der Waals surface area contributed by atoms with Gasteiger partial charge in [0.2, 0.25) is 11.8 Å². The summed E-state index contributed by atoms with van der Waals surface area (Å²) in [7, 11) is 1.68. The van der Waals surface area contributed by atoms with Crippen LogP contribution in [0.5, 0.6) is 0 Å². The largest absolute Gasteiger partial charge is 0.361 e. The molecule has 0 unspecified atom stereocenters. The standard InChI is InChI=1S/C21H25N3O2S/c1-16-8-10-17(11-9-16)22-20(25)14-23(2)21(26)15-24-12-5-13-27-19-7-4-3-6-18(19)24/h3-4,6-11H,5,12-15H2,1-2H3,(H,22,25). The highest BCUT2D eigenvalue weighted by atomic mass is 32.2. The van der Waals surface area contributed by atoms with Crippen LogP contribution in [0.3, 0.4) is 0 Å². The summed E-state index contributed by atoms with van der Waals surface area (Å²) < 4.78 is 0. The van der Waals surface area contributed by atoms with E-state index in [4.69, 9.17) is 0 Å². The third-order valence-corrected chi connectivity index (χ3v) is 5.65. The number of hydrogen-bond acceptors (Lipinski definition) is 4. The van der Waals surface area contributed by atoms with Gasteiger partial charge in [0.15, 0.2) is 0 Å². The number of likely N-dealkylation sites (N-methyl/N-ethyl adjacent to an activating group) is 1. The van der Waals surface area contributed by atoms with Gasteiger partial charge in [0, 0.05) is 24.2 Å². The maximum atomic E-state index is 12.7. The van der Waals surface area contributed by atoms with Crippen LogP contribution in [0.25, 0.3) is 0 Å². The Bertz CT molecular complexity index is 807. The first kappa shape index (κ1) is 19.3. The number of carbonyl (C=O) groups excluding carboxylic acids is 2. The zero-order valence-electron chi connectivity index (χ0n) is 15.8. The molecule has 0 aromatic heterocycles. The minimum absolute atomic E-state index is 0.0386. The summed E-state index contributed by atoms with van der Waals surface area (Å²) in [5.74, 6) is 0.800. The van der Waals surface area contributed by atoms with E-state index in [9.17, 15) is 9.59 Å². The van der Waals surface area contributed by atoms with Gasteiger partial charge >= 0.3 is 0 Å². The quantitative estimate of drug-likeness (QED) is 0.860. The van der Waals surface area contributed by atoms with E-state index in [2.05, 4.69) is 22.3 Å². The van der Waals surface area contributed by atoms with Crippen LogP contribution < -0.4 is 10.2 Å². The number of fused-ring (bicyclic) bond motifs is 1. The lowest BCUT2D eigenvalue weighted by atomic mass is 10.2. The predicted octanol–water partition coefficient (Wildman–Crippen LogP) is 3.39. The molecule has 27 heavy (non-hydrogen) atoms. The smallest absolute Gasteiger partial charge is 0.243 e. The summed E-state index contributed by atoms with van der Waals surface area (Å²) in [6.45, 7) is 3.17. The molecule has 1 heterocycles. The number of nitrogens with one attached hydrogen (secondary N) is 1. The minimum atomic E-state index is -0.193. The van der Waals surface area contributed by atoms with Crippen molar-refractivity contribution in [3.8, 4) is 0 Å². The number of nitrogens with zero attached hydrogens (tertiary/aromatic N) is 2. The van der Waals surface area contributed by atoms with Crippen molar-refractivity contribution in [2.24, 2.45) is 0 Å². The van der Waals surface area contributed by atoms with E-state index < -0.39 is 0 Å². The van der Waals surface area contributed by atoms with Gasteiger partial charge in [-0.25, -0.2) is 0 Å². The summed E-state index contributed by atoms with van der Waals surface area (Å²) in [5.41, 5.74) is 2.98. The number of rotatable bonds is 5. The average Bonchev–Trinajstić information content (AvgIpc) is 2.86. The van der Waals surface area contributed by atoms with Gasteiger partial charge in [0.05, 0.1) is 18.8 Å². The lowest BCUT2D eigenvalue weighted by Gasteiger charge is -2.26. The molecular formula is C21H25N3O2S. The Morgan fingerprint density at radius 3 is 2.67 bits per heavy atom. The first-order valence-corrected chi connectivity index (χ1v) is 10.1. The number of amides is 2. The second-order valence-electron chi connectivity index (χ2n) is 6.76. The van der Waals surface area contributed by atoms with Gasteiger partial charge in [-0.1, -0.05) is 29.8 Å². The molecule has 0 saturated heterocycles. The van der Waals surface area contributed by atoms with Crippen molar-refractivity contribution in [1.82, 2.24) is 4.90 Å². The molecule has 0 saturated carbocycles. The molecule has 6 heteroatoms. The lowest BCUT2D eigenvalue weighted by molar-refractivity contribution is -0.132. The van der Waals surface area contributed by atoms with Gasteiger partial charge in [0.1, 0.15) is 0 Å². The number of aryl methyl sites for hydroxylation is 1. The number of hydrogen-bond donors (Lipinski definition) is 1. The molecule has 5 nitrogen and oxygen atoms in total. The SMILES string of the molecule is Cc1ccc(NC(=O)CN(C)C(=O)CN2CCCSc3ccccc32)cc1. The molecule has 3 rings (SSSR count). The Labute approximate surface area is 164 Å². The molecule has 0 aliphatic carbocycles. The maximum Gasteiger partial charge on any atom is 0.243 e. The highest BCUT2D eigenvalue weighted by molar-refractivity contribution is 7.99. The van der Waals surface area contributed by atoms with E-state index in [1.165, 1.54) is 9.80 Å². The molecule has 0 spiro atoms. The lowest BCUT2D eigenvalue weighted by Crippen LogP contribution is -2.42. The molecule has 0 fully saturated rings. The van der Waals surface area contributed by atoms with Crippen molar-refractivity contribution in [1.29, 1.82) is 0 Å². The van der Waals surface area contributed by atoms with E-state index >= 15 is 0 Å². The molecule has 1 aliphatic rings. The van der Waals surface area contributed by atoms with Gasteiger partial charge in [0.25, 0.3) is 0 Å². The first-order valence-electron chi connectivity index (χ1n) is 9.10. The first-order chi connectivity index (χ1) is 13.0. The highest BCUT2D eigenvalue weighted by Gasteiger charge is 2.20. The molecule has 1 N–H and O–H groups in total. The van der Waals surface area contributed by atoms with Crippen LogP contribution in [0.15, 0.2) is 53.4 Å². The summed E-state index contributed by atoms with van der Waals surface area (Å²) >= 11 is 1.83. The van der Waals surface area contributed by atoms with Crippen molar-refractivity contribution in [2.75, 3.05) is 42.7 Å². The van der Waals surface area contributed by atoms with E-state index in [1.807, 2.05) is 55.1 Å². The Kier molecular flexibility index (Phi) is 6.40. The van der Waals surface area contributed by atoms with E-state index in [0.717, 1.165) is 35.7 Å². The fraction of sp³-hybridized carbons (Fsp3) is 0.333. The second-order valence-corrected chi connectivity index (χ2v) is 7.89. The fourth-order valence-electron chi connectivity index (χ4n) is 2.99. The molecule has 2 aromatic rings. The van der Waals surface area contributed by atoms with Gasteiger partial charge in [-0.15, -0.1) is 11.8 Å². The van der Waals surface area contributed by atoms with Crippen molar-refractivity contribution in [3.05, 3.63) is 54.1 Å². The summed E-state index contributed by atoms with van der Waals surface area (Å²) in [4.78, 5) is 29.7. The van der Waals surface area contributed by atoms with Crippen LogP contribution in [0, 0.1) is 6.92 Å². The molecule has 2 amide bonds. The molecule has 142 valence electrons. The van der Waals surface area contributed by atoms with E-state index in [-0.39, 0.29) is 24.9 Å². The Hall–Kier alpha value is -2.47. The Morgan fingerprint density at radius 2 is 1.89 bits per heavy atom. The van der Waals surface area contributed by atoms with Crippen molar-refractivity contribution in [3.63, 3.8) is 0 Å². The van der Waals surface area contributed by atoms with Crippen LogP contribution in [-0.4, -0.2) is 49.1 Å². The summed E-state index contributed by atoms with van der Waals surface area (Å²) in [6.07, 6.45) is 1.03. The number of carbonyl (C=O) groups is 2. The number of benzene rings is 2. The zero-order valence-corrected chi connectivity index (χ0v) is 16.6. The van der Waals surface area contributed by atoms with Gasteiger partial charge in [-0.3, -0.25) is 9.59 Å². The van der Waals surface area contributed by atoms with Gasteiger partial charge in [-0.05, 0) is 43.4 Å². The second kappa shape index (κ2) is 8.95. The van der Waals surface area contributed by atoms with E-state index in [0.29, 0.717) is 0 Å². The van der Waals surface area contributed by atoms with Gasteiger partial charge in [-0.2, -0.15) is 0 Å². The Morgan fingerprint density at radius 1 is 1.15 bits per heavy atom. The molecule has 2 aromatic carbocycles. The molecule has 0 radical (unpaired) electrons. The predicted molar refractivity (Wildman–Crippen MR) is 111 cm³/mol. The van der Waals surface area contributed by atoms with Crippen LogP contribution in [0.1, 0.15) is 12.0 Å². The Balaban J connectivity index is 1.57. The van der Waals surface area contributed by atoms with Gasteiger partial charge < -0.3 is 15.1 Å². The normalized spacial score (nSPS) is 13.5. The summed E-state index contributed by atoms with van der Waals surface area (Å²) in [5, 5.41) is 2.83. The average molecular weight is 384 g/mol. The third-order valence-electron chi connectivity index (χ3n) is 4.50. The maximum absolute atomic E-state index is 12.7. The van der Waals surface area contributed by atoms with Crippen LogP contribution in [-0.2, 0) is 9.59 Å². The number of thioether (sulfide) groups is 1. The minimum Gasteiger partial charge on any atom is -0.361 e. The fourth-order valence-corrected chi connectivity index (χ4v) is 4.00. The van der Waals surface area contributed by atoms with Crippen molar-refractivity contribution in [2.45, 2.75) is 18.2 Å². The molecule has 1 aliphatic heterocycles.